The number of rotatable bonds is 7. The lowest BCUT2D eigenvalue weighted by Gasteiger charge is -2.17. The standard InChI is InChI=1S/C23H20N4O2S/c1-2-21(29)26-17-10-6-9-16(11-17)20-12-18-22(24-14-25-23(18)30-20)27-19(13-28)15-7-4-3-5-8-15/h2-12,14,19,28H,1,13H2,(H,26,29)(H,24,25,27)/t19-/m1/s1. The van der Waals surface area contributed by atoms with Gasteiger partial charge in [-0.05, 0) is 35.4 Å². The second-order valence-electron chi connectivity index (χ2n) is 6.62. The Hall–Kier alpha value is -3.55. The van der Waals surface area contributed by atoms with Crippen molar-refractivity contribution in [2.45, 2.75) is 6.04 Å². The summed E-state index contributed by atoms with van der Waals surface area (Å²) in [5.74, 6) is 0.415. The van der Waals surface area contributed by atoms with Crippen LogP contribution in [0.1, 0.15) is 11.6 Å². The van der Waals surface area contributed by atoms with E-state index in [0.29, 0.717) is 11.5 Å². The molecule has 2 heterocycles. The molecule has 0 aliphatic heterocycles. The van der Waals surface area contributed by atoms with Crippen molar-refractivity contribution in [2.24, 2.45) is 0 Å². The van der Waals surface area contributed by atoms with Gasteiger partial charge in [0.1, 0.15) is 17.0 Å². The van der Waals surface area contributed by atoms with Crippen LogP contribution in [0.4, 0.5) is 11.5 Å². The monoisotopic (exact) mass is 416 g/mol. The van der Waals surface area contributed by atoms with Crippen molar-refractivity contribution < 1.29 is 9.90 Å². The molecule has 0 aliphatic rings. The zero-order valence-electron chi connectivity index (χ0n) is 16.1. The summed E-state index contributed by atoms with van der Waals surface area (Å²) in [7, 11) is 0. The zero-order valence-corrected chi connectivity index (χ0v) is 16.9. The lowest BCUT2D eigenvalue weighted by Crippen LogP contribution is -2.15. The van der Waals surface area contributed by atoms with Gasteiger partial charge in [0.2, 0.25) is 5.91 Å². The van der Waals surface area contributed by atoms with E-state index in [-0.39, 0.29) is 18.6 Å². The molecule has 2 aromatic heterocycles. The minimum absolute atomic E-state index is 0.0580. The first-order chi connectivity index (χ1) is 14.7. The number of carbonyl (C=O) groups is 1. The summed E-state index contributed by atoms with van der Waals surface area (Å²) in [5.41, 5.74) is 2.64. The highest BCUT2D eigenvalue weighted by atomic mass is 32.1. The fraction of sp³-hybridized carbons (Fsp3) is 0.0870. The second-order valence-corrected chi connectivity index (χ2v) is 7.65. The van der Waals surface area contributed by atoms with Crippen LogP contribution in [0.15, 0.2) is 79.6 Å². The van der Waals surface area contributed by atoms with Gasteiger partial charge in [0.25, 0.3) is 0 Å². The third kappa shape index (κ3) is 4.22. The number of fused-ring (bicyclic) bond motifs is 1. The number of carbonyl (C=O) groups excluding carboxylic acids is 1. The average Bonchev–Trinajstić information content (AvgIpc) is 3.23. The Bertz CT molecular complexity index is 1190. The van der Waals surface area contributed by atoms with Crippen LogP contribution in [0, 0.1) is 0 Å². The molecule has 2 aromatic carbocycles. The van der Waals surface area contributed by atoms with Gasteiger partial charge in [0, 0.05) is 10.6 Å². The van der Waals surface area contributed by atoms with Crippen LogP contribution in [0.2, 0.25) is 0 Å². The smallest absolute Gasteiger partial charge is 0.247 e. The van der Waals surface area contributed by atoms with E-state index in [0.717, 1.165) is 26.2 Å². The highest BCUT2D eigenvalue weighted by molar-refractivity contribution is 7.21. The highest BCUT2D eigenvalue weighted by Gasteiger charge is 2.15. The summed E-state index contributed by atoms with van der Waals surface area (Å²) < 4.78 is 0. The molecule has 30 heavy (non-hydrogen) atoms. The molecule has 0 saturated heterocycles. The van der Waals surface area contributed by atoms with Crippen LogP contribution in [0.25, 0.3) is 20.7 Å². The Morgan fingerprint density at radius 3 is 2.73 bits per heavy atom. The molecule has 1 atom stereocenters. The van der Waals surface area contributed by atoms with Crippen LogP contribution in [0.5, 0.6) is 0 Å². The van der Waals surface area contributed by atoms with Gasteiger partial charge in [-0.25, -0.2) is 9.97 Å². The molecule has 4 rings (SSSR count). The van der Waals surface area contributed by atoms with Crippen molar-refractivity contribution in [3.05, 3.63) is 85.2 Å². The number of aliphatic hydroxyl groups excluding tert-OH is 1. The molecular weight excluding hydrogens is 396 g/mol. The summed E-state index contributed by atoms with van der Waals surface area (Å²) in [5, 5.41) is 16.9. The maximum atomic E-state index is 11.6. The van der Waals surface area contributed by atoms with E-state index >= 15 is 0 Å². The number of anilines is 2. The van der Waals surface area contributed by atoms with E-state index in [1.54, 1.807) is 11.3 Å². The molecule has 0 spiro atoms. The first-order valence-corrected chi connectivity index (χ1v) is 10.2. The number of thiophene rings is 1. The number of benzene rings is 2. The number of hydrogen-bond acceptors (Lipinski definition) is 6. The van der Waals surface area contributed by atoms with Gasteiger partial charge in [-0.3, -0.25) is 4.79 Å². The molecule has 150 valence electrons. The SMILES string of the molecule is C=CC(=O)Nc1cccc(-c2cc3c(N[C@H](CO)c4ccccc4)ncnc3s2)c1. The maximum Gasteiger partial charge on any atom is 0.247 e. The molecule has 0 fully saturated rings. The minimum Gasteiger partial charge on any atom is -0.394 e. The molecule has 1 amide bonds. The van der Waals surface area contributed by atoms with Crippen LogP contribution in [-0.4, -0.2) is 27.6 Å². The van der Waals surface area contributed by atoms with Gasteiger partial charge in [-0.15, -0.1) is 11.3 Å². The molecule has 3 N–H and O–H groups in total. The second kappa shape index (κ2) is 8.86. The van der Waals surface area contributed by atoms with Crippen molar-refractivity contribution in [2.75, 3.05) is 17.2 Å². The third-order valence-corrected chi connectivity index (χ3v) is 5.72. The predicted octanol–water partition coefficient (Wildman–Crippen LogP) is 4.63. The van der Waals surface area contributed by atoms with Crippen molar-refractivity contribution in [3.63, 3.8) is 0 Å². The van der Waals surface area contributed by atoms with E-state index in [4.69, 9.17) is 0 Å². The fourth-order valence-corrected chi connectivity index (χ4v) is 4.14. The van der Waals surface area contributed by atoms with E-state index in [1.165, 1.54) is 12.4 Å². The van der Waals surface area contributed by atoms with Crippen LogP contribution in [-0.2, 0) is 4.79 Å². The summed E-state index contributed by atoms with van der Waals surface area (Å²) in [4.78, 5) is 22.2. The van der Waals surface area contributed by atoms with Crippen molar-refractivity contribution in [1.29, 1.82) is 0 Å². The van der Waals surface area contributed by atoms with Gasteiger partial charge < -0.3 is 15.7 Å². The van der Waals surface area contributed by atoms with Crippen LogP contribution in [0.3, 0.4) is 0 Å². The first kappa shape index (κ1) is 19.8. The number of aromatic nitrogens is 2. The average molecular weight is 417 g/mol. The van der Waals surface area contributed by atoms with Gasteiger partial charge in [0.15, 0.2) is 0 Å². The summed E-state index contributed by atoms with van der Waals surface area (Å²) >= 11 is 1.54. The van der Waals surface area contributed by atoms with E-state index in [2.05, 4.69) is 27.2 Å². The third-order valence-electron chi connectivity index (χ3n) is 4.62. The molecule has 0 unspecified atom stereocenters. The fourth-order valence-electron chi connectivity index (χ4n) is 3.14. The van der Waals surface area contributed by atoms with Gasteiger partial charge in [-0.2, -0.15) is 0 Å². The van der Waals surface area contributed by atoms with Crippen molar-refractivity contribution in [3.8, 4) is 10.4 Å². The maximum absolute atomic E-state index is 11.6. The topological polar surface area (TPSA) is 87.1 Å². The Morgan fingerprint density at radius 1 is 1.13 bits per heavy atom. The Kier molecular flexibility index (Phi) is 5.83. The largest absolute Gasteiger partial charge is 0.394 e. The molecule has 0 bridgehead atoms. The molecular formula is C23H20N4O2S. The Balaban J connectivity index is 1.66. The minimum atomic E-state index is -0.273. The molecule has 6 nitrogen and oxygen atoms in total. The predicted molar refractivity (Wildman–Crippen MR) is 122 cm³/mol. The first-order valence-electron chi connectivity index (χ1n) is 9.38. The molecule has 7 heteroatoms. The van der Waals surface area contributed by atoms with Crippen LogP contribution < -0.4 is 10.6 Å². The number of amides is 1. The normalized spacial score (nSPS) is 11.8. The van der Waals surface area contributed by atoms with E-state index < -0.39 is 0 Å². The molecule has 4 aromatic rings. The molecule has 0 radical (unpaired) electrons. The van der Waals surface area contributed by atoms with Crippen molar-refractivity contribution in [1.82, 2.24) is 9.97 Å². The van der Waals surface area contributed by atoms with Crippen molar-refractivity contribution >= 4 is 39.0 Å². The lowest BCUT2D eigenvalue weighted by molar-refractivity contribution is -0.111. The number of nitrogens with one attached hydrogen (secondary N) is 2. The summed E-state index contributed by atoms with van der Waals surface area (Å²) in [6.45, 7) is 3.42. The molecule has 0 aliphatic carbocycles. The molecule has 0 saturated carbocycles. The van der Waals surface area contributed by atoms with Gasteiger partial charge in [-0.1, -0.05) is 49.0 Å². The van der Waals surface area contributed by atoms with E-state index in [1.807, 2.05) is 60.7 Å². The highest BCUT2D eigenvalue weighted by Crippen LogP contribution is 2.36. The summed E-state index contributed by atoms with van der Waals surface area (Å²) in [6, 6.07) is 19.1. The van der Waals surface area contributed by atoms with Gasteiger partial charge >= 0.3 is 0 Å². The number of hydrogen-bond donors (Lipinski definition) is 3. The quantitative estimate of drug-likeness (QED) is 0.383. The van der Waals surface area contributed by atoms with E-state index in [9.17, 15) is 9.90 Å². The van der Waals surface area contributed by atoms with Crippen LogP contribution >= 0.6 is 11.3 Å². The Labute approximate surface area is 177 Å². The zero-order chi connectivity index (χ0) is 20.9. The van der Waals surface area contributed by atoms with Gasteiger partial charge in [0.05, 0.1) is 18.0 Å². The Morgan fingerprint density at radius 2 is 1.97 bits per heavy atom. The number of nitrogens with zero attached hydrogens (tertiary/aromatic N) is 2. The number of aliphatic hydroxyl groups is 1. The lowest BCUT2D eigenvalue weighted by atomic mass is 10.1. The summed E-state index contributed by atoms with van der Waals surface area (Å²) in [6.07, 6.45) is 2.76.